The number of piperidine rings is 1. The summed E-state index contributed by atoms with van der Waals surface area (Å²) in [6.45, 7) is 9.58. The fourth-order valence-corrected chi connectivity index (χ4v) is 5.96. The van der Waals surface area contributed by atoms with Gasteiger partial charge in [-0.1, -0.05) is 12.1 Å². The number of nitrogens with zero attached hydrogens (tertiary/aromatic N) is 4. The first kappa shape index (κ1) is 32.2. The minimum Gasteiger partial charge on any atom is -0.392 e. The molecular weight excluding hydrogens is 568 g/mol. The number of rotatable bonds is 11. The number of carbonyl (C=O) groups excluding carboxylic acids is 2. The Bertz CT molecular complexity index is 1590. The number of aromatic nitrogens is 2. The summed E-state index contributed by atoms with van der Waals surface area (Å²) in [5.74, 6) is 0.691. The molecule has 5 rings (SSSR count). The first-order valence-corrected chi connectivity index (χ1v) is 15.7. The largest absolute Gasteiger partial charge is 0.392 e. The Morgan fingerprint density at radius 2 is 1.76 bits per heavy atom. The van der Waals surface area contributed by atoms with Gasteiger partial charge in [0, 0.05) is 60.9 Å². The van der Waals surface area contributed by atoms with Gasteiger partial charge in [0.05, 0.1) is 24.3 Å². The molecule has 45 heavy (non-hydrogen) atoms. The molecule has 0 radical (unpaired) electrons. The molecule has 0 aliphatic carbocycles. The molecule has 4 aromatic rings. The summed E-state index contributed by atoms with van der Waals surface area (Å²) in [6, 6.07) is 19.3. The standard InChI is InChI=1S/C35H44N6O4/c1-24(2)45-20-19-40(30-9-10-32-29(21-30)14-18-41(32)35(44)36-4)31-11-15-37-33(22-31)38-34(43)28-7-5-26(6-8-28)27-12-16-39(17-13-27)23-25(3)42/h5-11,14-15,18,21-22,24-25,27,42H,12-13,16-17,19-20,23H2,1-4H3,(H,36,44)(H,37,38,43)/t25-/m1/s1. The molecule has 1 saturated heterocycles. The van der Waals surface area contributed by atoms with E-state index in [0.717, 1.165) is 48.2 Å². The van der Waals surface area contributed by atoms with Crippen molar-refractivity contribution in [3.63, 3.8) is 0 Å². The van der Waals surface area contributed by atoms with E-state index >= 15 is 0 Å². The quantitative estimate of drug-likeness (QED) is 0.202. The second kappa shape index (κ2) is 14.7. The van der Waals surface area contributed by atoms with Crippen LogP contribution in [0.25, 0.3) is 10.9 Å². The van der Waals surface area contributed by atoms with Gasteiger partial charge >= 0.3 is 6.03 Å². The molecule has 1 fully saturated rings. The van der Waals surface area contributed by atoms with E-state index in [1.807, 2.05) is 69.3 Å². The molecule has 0 unspecified atom stereocenters. The third-order valence-electron chi connectivity index (χ3n) is 8.24. The van der Waals surface area contributed by atoms with Crippen LogP contribution in [0.15, 0.2) is 73.1 Å². The van der Waals surface area contributed by atoms with Crippen LogP contribution in [-0.2, 0) is 4.74 Å². The zero-order valence-corrected chi connectivity index (χ0v) is 26.6. The van der Waals surface area contributed by atoms with Crippen LogP contribution in [0.3, 0.4) is 0 Å². The van der Waals surface area contributed by atoms with Crippen molar-refractivity contribution in [1.29, 1.82) is 0 Å². The maximum absolute atomic E-state index is 13.2. The van der Waals surface area contributed by atoms with Crippen LogP contribution in [0.1, 0.15) is 55.5 Å². The summed E-state index contributed by atoms with van der Waals surface area (Å²) in [5.41, 5.74) is 4.42. The Morgan fingerprint density at radius 1 is 1.02 bits per heavy atom. The van der Waals surface area contributed by atoms with E-state index in [4.69, 9.17) is 4.74 Å². The van der Waals surface area contributed by atoms with Gasteiger partial charge in [-0.2, -0.15) is 0 Å². The monoisotopic (exact) mass is 612 g/mol. The molecule has 2 aromatic heterocycles. The normalized spacial score (nSPS) is 14.9. The van der Waals surface area contributed by atoms with Gasteiger partial charge in [-0.15, -0.1) is 0 Å². The predicted octanol–water partition coefficient (Wildman–Crippen LogP) is 5.60. The van der Waals surface area contributed by atoms with Crippen molar-refractivity contribution in [2.24, 2.45) is 0 Å². The number of hydrogen-bond donors (Lipinski definition) is 3. The summed E-state index contributed by atoms with van der Waals surface area (Å²) in [4.78, 5) is 34.4. The highest BCUT2D eigenvalue weighted by Crippen LogP contribution is 2.31. The lowest BCUT2D eigenvalue weighted by Gasteiger charge is -2.32. The minimum absolute atomic E-state index is 0.0949. The van der Waals surface area contributed by atoms with Crippen molar-refractivity contribution >= 4 is 40.0 Å². The van der Waals surface area contributed by atoms with Crippen molar-refractivity contribution in [3.05, 3.63) is 84.2 Å². The van der Waals surface area contributed by atoms with Crippen molar-refractivity contribution in [3.8, 4) is 0 Å². The second-order valence-corrected chi connectivity index (χ2v) is 12.0. The second-order valence-electron chi connectivity index (χ2n) is 12.0. The van der Waals surface area contributed by atoms with Crippen molar-refractivity contribution in [2.75, 3.05) is 50.1 Å². The number of likely N-dealkylation sites (tertiary alicyclic amines) is 1. The number of anilines is 3. The predicted molar refractivity (Wildman–Crippen MR) is 179 cm³/mol. The van der Waals surface area contributed by atoms with Crippen LogP contribution >= 0.6 is 0 Å². The van der Waals surface area contributed by atoms with Gasteiger partial charge in [0.15, 0.2) is 0 Å². The Morgan fingerprint density at radius 3 is 2.44 bits per heavy atom. The van der Waals surface area contributed by atoms with Crippen LogP contribution in [-0.4, -0.2) is 83.5 Å². The molecule has 10 nitrogen and oxygen atoms in total. The summed E-state index contributed by atoms with van der Waals surface area (Å²) in [6.07, 6.45) is 5.32. The zero-order chi connectivity index (χ0) is 31.9. The maximum atomic E-state index is 13.2. The lowest BCUT2D eigenvalue weighted by atomic mass is 9.89. The summed E-state index contributed by atoms with van der Waals surface area (Å²) >= 11 is 0. The number of pyridine rings is 1. The first-order valence-electron chi connectivity index (χ1n) is 15.7. The molecular formula is C35H44N6O4. The Hall–Kier alpha value is -4.25. The number of benzene rings is 2. The Kier molecular flexibility index (Phi) is 10.5. The average Bonchev–Trinajstić information content (AvgIpc) is 3.46. The van der Waals surface area contributed by atoms with Gasteiger partial charge in [-0.25, -0.2) is 9.78 Å². The molecule has 1 aliphatic heterocycles. The molecule has 3 N–H and O–H groups in total. The van der Waals surface area contributed by atoms with Crippen LogP contribution in [0, 0.1) is 0 Å². The fourth-order valence-electron chi connectivity index (χ4n) is 5.96. The number of hydrogen-bond acceptors (Lipinski definition) is 7. The summed E-state index contributed by atoms with van der Waals surface area (Å²) in [7, 11) is 1.61. The number of ether oxygens (including phenoxy) is 1. The Labute approximate surface area is 265 Å². The number of nitrogens with one attached hydrogen (secondary N) is 2. The summed E-state index contributed by atoms with van der Waals surface area (Å²) in [5, 5.41) is 16.2. The van der Waals surface area contributed by atoms with E-state index < -0.39 is 0 Å². The van der Waals surface area contributed by atoms with Crippen molar-refractivity contribution in [2.45, 2.75) is 51.7 Å². The van der Waals surface area contributed by atoms with E-state index in [9.17, 15) is 14.7 Å². The third kappa shape index (κ3) is 8.08. The molecule has 1 atom stereocenters. The van der Waals surface area contributed by atoms with Crippen LogP contribution < -0.4 is 15.5 Å². The van der Waals surface area contributed by atoms with E-state index in [2.05, 4.69) is 37.6 Å². The number of β-amino-alcohol motifs (C(OH)–C–C–N with tert-alkyl or cyclic N) is 1. The zero-order valence-electron chi connectivity index (χ0n) is 26.6. The summed E-state index contributed by atoms with van der Waals surface area (Å²) < 4.78 is 7.47. The van der Waals surface area contributed by atoms with Gasteiger partial charge in [0.25, 0.3) is 5.91 Å². The van der Waals surface area contributed by atoms with Gasteiger partial charge in [-0.05, 0) is 101 Å². The molecule has 0 saturated carbocycles. The van der Waals surface area contributed by atoms with E-state index in [-0.39, 0.29) is 24.1 Å². The highest BCUT2D eigenvalue weighted by Gasteiger charge is 2.22. The Balaban J connectivity index is 1.30. The van der Waals surface area contributed by atoms with Crippen molar-refractivity contribution < 1.29 is 19.4 Å². The number of aliphatic hydroxyl groups is 1. The minimum atomic E-state index is -0.310. The van der Waals surface area contributed by atoms with Crippen LogP contribution in [0.4, 0.5) is 22.0 Å². The third-order valence-corrected chi connectivity index (χ3v) is 8.24. The van der Waals surface area contributed by atoms with E-state index in [1.165, 1.54) is 5.56 Å². The number of fused-ring (bicyclic) bond motifs is 1. The first-order chi connectivity index (χ1) is 21.7. The molecule has 0 spiro atoms. The average molecular weight is 613 g/mol. The van der Waals surface area contributed by atoms with Crippen LogP contribution in [0.2, 0.25) is 0 Å². The van der Waals surface area contributed by atoms with Gasteiger partial charge in [0.1, 0.15) is 5.82 Å². The maximum Gasteiger partial charge on any atom is 0.325 e. The SMILES string of the molecule is CNC(=O)n1ccc2cc(N(CCOC(C)C)c3ccnc(NC(=O)c4ccc(C5CCN(C[C@@H](C)O)CC5)cc4)c3)ccc21. The number of amides is 2. The van der Waals surface area contributed by atoms with Crippen LogP contribution in [0.5, 0.6) is 0 Å². The topological polar surface area (TPSA) is 112 Å². The van der Waals surface area contributed by atoms with Gasteiger partial charge in [0.2, 0.25) is 0 Å². The smallest absolute Gasteiger partial charge is 0.325 e. The highest BCUT2D eigenvalue weighted by molar-refractivity contribution is 6.04. The van der Waals surface area contributed by atoms with E-state index in [1.54, 1.807) is 24.0 Å². The van der Waals surface area contributed by atoms with E-state index in [0.29, 0.717) is 37.0 Å². The molecule has 10 heteroatoms. The van der Waals surface area contributed by atoms with Crippen molar-refractivity contribution in [1.82, 2.24) is 19.8 Å². The number of aliphatic hydroxyl groups excluding tert-OH is 1. The molecule has 238 valence electrons. The number of carbonyl (C=O) groups is 2. The molecule has 0 bridgehead atoms. The van der Waals surface area contributed by atoms with Gasteiger partial charge in [-0.3, -0.25) is 9.36 Å². The molecule has 2 aromatic carbocycles. The molecule has 2 amide bonds. The molecule has 3 heterocycles. The molecule has 1 aliphatic rings. The lowest BCUT2D eigenvalue weighted by Crippen LogP contribution is -2.37. The lowest BCUT2D eigenvalue weighted by molar-refractivity contribution is 0.0851. The fraction of sp³-hybridized carbons (Fsp3) is 0.400. The highest BCUT2D eigenvalue weighted by atomic mass is 16.5. The van der Waals surface area contributed by atoms with Gasteiger partial charge < -0.3 is 30.3 Å².